The highest BCUT2D eigenvalue weighted by molar-refractivity contribution is 9.10. The van der Waals surface area contributed by atoms with E-state index in [0.717, 1.165) is 10.0 Å². The quantitative estimate of drug-likeness (QED) is 0.743. The SMILES string of the molecule is Clc1nc(OCc2ccccc2Br)c2cn[nH]c2n1. The number of hydrogen-bond donors (Lipinski definition) is 1. The summed E-state index contributed by atoms with van der Waals surface area (Å²) in [4.78, 5) is 8.09. The van der Waals surface area contributed by atoms with Crippen LogP contribution < -0.4 is 4.74 Å². The van der Waals surface area contributed by atoms with E-state index in [0.29, 0.717) is 23.5 Å². The molecule has 3 aromatic rings. The van der Waals surface area contributed by atoms with E-state index in [2.05, 4.69) is 36.1 Å². The smallest absolute Gasteiger partial charge is 0.229 e. The van der Waals surface area contributed by atoms with Crippen molar-refractivity contribution in [3.05, 3.63) is 45.8 Å². The highest BCUT2D eigenvalue weighted by Gasteiger charge is 2.10. The molecule has 0 unspecified atom stereocenters. The molecule has 7 heteroatoms. The first-order valence-corrected chi connectivity index (χ1v) is 6.64. The van der Waals surface area contributed by atoms with Gasteiger partial charge in [-0.1, -0.05) is 34.1 Å². The van der Waals surface area contributed by atoms with Crippen molar-refractivity contribution in [2.75, 3.05) is 0 Å². The lowest BCUT2D eigenvalue weighted by Crippen LogP contribution is -1.99. The Labute approximate surface area is 122 Å². The largest absolute Gasteiger partial charge is 0.472 e. The van der Waals surface area contributed by atoms with E-state index in [4.69, 9.17) is 16.3 Å². The van der Waals surface area contributed by atoms with Crippen LogP contribution in [0.25, 0.3) is 11.0 Å². The molecule has 0 aliphatic rings. The highest BCUT2D eigenvalue weighted by Crippen LogP contribution is 2.24. The van der Waals surface area contributed by atoms with Crippen molar-refractivity contribution in [3.63, 3.8) is 0 Å². The number of nitrogens with one attached hydrogen (secondary N) is 1. The number of ether oxygens (including phenoxy) is 1. The third kappa shape index (κ3) is 2.54. The molecule has 0 amide bonds. The first-order chi connectivity index (χ1) is 9.24. The van der Waals surface area contributed by atoms with Crippen LogP contribution >= 0.6 is 27.5 Å². The van der Waals surface area contributed by atoms with Crippen molar-refractivity contribution in [1.29, 1.82) is 0 Å². The lowest BCUT2D eigenvalue weighted by Gasteiger charge is -2.07. The minimum absolute atomic E-state index is 0.124. The summed E-state index contributed by atoms with van der Waals surface area (Å²) in [5.74, 6) is 0.416. The van der Waals surface area contributed by atoms with Crippen molar-refractivity contribution >= 4 is 38.6 Å². The molecule has 19 heavy (non-hydrogen) atoms. The Kier molecular flexibility index (Phi) is 3.35. The van der Waals surface area contributed by atoms with Gasteiger partial charge in [-0.25, -0.2) is 0 Å². The Hall–Kier alpha value is -1.66. The van der Waals surface area contributed by atoms with Gasteiger partial charge in [0.2, 0.25) is 11.2 Å². The van der Waals surface area contributed by atoms with E-state index in [-0.39, 0.29) is 5.28 Å². The van der Waals surface area contributed by atoms with Gasteiger partial charge in [-0.2, -0.15) is 15.1 Å². The van der Waals surface area contributed by atoms with Gasteiger partial charge in [-0.05, 0) is 17.7 Å². The lowest BCUT2D eigenvalue weighted by atomic mass is 10.2. The van der Waals surface area contributed by atoms with Gasteiger partial charge < -0.3 is 4.74 Å². The van der Waals surface area contributed by atoms with Crippen LogP contribution in [0.4, 0.5) is 0 Å². The van der Waals surface area contributed by atoms with Crippen molar-refractivity contribution < 1.29 is 4.74 Å². The summed E-state index contributed by atoms with van der Waals surface area (Å²) >= 11 is 9.30. The van der Waals surface area contributed by atoms with Crippen LogP contribution in [0.15, 0.2) is 34.9 Å². The number of fused-ring (bicyclic) bond motifs is 1. The van der Waals surface area contributed by atoms with E-state index in [1.165, 1.54) is 0 Å². The van der Waals surface area contributed by atoms with Crippen molar-refractivity contribution in [2.24, 2.45) is 0 Å². The van der Waals surface area contributed by atoms with E-state index in [1.807, 2.05) is 24.3 Å². The zero-order valence-electron chi connectivity index (χ0n) is 9.60. The molecule has 3 rings (SSSR count). The predicted molar refractivity (Wildman–Crippen MR) is 75.2 cm³/mol. The fourth-order valence-corrected chi connectivity index (χ4v) is 2.21. The average molecular weight is 340 g/mol. The predicted octanol–water partition coefficient (Wildman–Crippen LogP) is 3.35. The first kappa shape index (κ1) is 12.4. The molecule has 2 heterocycles. The van der Waals surface area contributed by atoms with Crippen molar-refractivity contribution in [3.8, 4) is 5.88 Å². The van der Waals surface area contributed by atoms with Gasteiger partial charge in [0.25, 0.3) is 0 Å². The minimum atomic E-state index is 0.124. The van der Waals surface area contributed by atoms with Crippen molar-refractivity contribution in [1.82, 2.24) is 20.2 Å². The molecular formula is C12H8BrClN4O. The Bertz CT molecular complexity index is 731. The van der Waals surface area contributed by atoms with Crippen LogP contribution in [0.1, 0.15) is 5.56 Å². The van der Waals surface area contributed by atoms with E-state index < -0.39 is 0 Å². The number of rotatable bonds is 3. The van der Waals surface area contributed by atoms with Gasteiger partial charge in [0.15, 0.2) is 5.65 Å². The maximum Gasteiger partial charge on any atom is 0.229 e. The second-order valence-corrected chi connectivity index (χ2v) is 5.00. The molecule has 1 N–H and O–H groups in total. The standard InChI is InChI=1S/C12H8BrClN4O/c13-9-4-2-1-3-7(9)6-19-11-8-5-15-18-10(8)16-12(14)17-11/h1-5H,6H2,(H,15,16,17,18). The third-order valence-corrected chi connectivity index (χ3v) is 3.51. The number of H-pyrrole nitrogens is 1. The fourth-order valence-electron chi connectivity index (χ4n) is 1.65. The fraction of sp³-hybridized carbons (Fsp3) is 0.0833. The molecule has 1 aromatic carbocycles. The van der Waals surface area contributed by atoms with Crippen LogP contribution in [0.5, 0.6) is 5.88 Å². The van der Waals surface area contributed by atoms with E-state index in [9.17, 15) is 0 Å². The molecule has 0 fully saturated rings. The Balaban J connectivity index is 1.90. The van der Waals surface area contributed by atoms with Crippen LogP contribution in [-0.4, -0.2) is 20.2 Å². The molecule has 0 atom stereocenters. The van der Waals surface area contributed by atoms with Gasteiger partial charge in [0, 0.05) is 10.0 Å². The summed E-state index contributed by atoms with van der Waals surface area (Å²) in [6.45, 7) is 0.384. The van der Waals surface area contributed by atoms with E-state index >= 15 is 0 Å². The number of hydrogen-bond acceptors (Lipinski definition) is 4. The van der Waals surface area contributed by atoms with Gasteiger partial charge in [0.1, 0.15) is 12.0 Å². The summed E-state index contributed by atoms with van der Waals surface area (Å²) in [6.07, 6.45) is 1.61. The van der Waals surface area contributed by atoms with Gasteiger partial charge in [-0.3, -0.25) is 5.10 Å². The molecular weight excluding hydrogens is 332 g/mol. The van der Waals surface area contributed by atoms with Crippen LogP contribution in [0.2, 0.25) is 5.28 Å². The third-order valence-electron chi connectivity index (χ3n) is 2.57. The Morgan fingerprint density at radius 2 is 2.11 bits per heavy atom. The highest BCUT2D eigenvalue weighted by atomic mass is 79.9. The Morgan fingerprint density at radius 3 is 2.95 bits per heavy atom. The van der Waals surface area contributed by atoms with E-state index in [1.54, 1.807) is 6.20 Å². The normalized spacial score (nSPS) is 10.8. The van der Waals surface area contributed by atoms with Gasteiger partial charge >= 0.3 is 0 Å². The molecule has 0 radical (unpaired) electrons. The number of nitrogens with zero attached hydrogens (tertiary/aromatic N) is 3. The average Bonchev–Trinajstić information content (AvgIpc) is 2.85. The Morgan fingerprint density at radius 1 is 1.26 bits per heavy atom. The first-order valence-electron chi connectivity index (χ1n) is 5.47. The maximum absolute atomic E-state index is 5.83. The summed E-state index contributed by atoms with van der Waals surface area (Å²) in [5, 5.41) is 7.46. The summed E-state index contributed by atoms with van der Waals surface area (Å²) < 4.78 is 6.68. The molecule has 0 bridgehead atoms. The maximum atomic E-state index is 5.83. The number of halogens is 2. The van der Waals surface area contributed by atoms with Crippen molar-refractivity contribution in [2.45, 2.75) is 6.61 Å². The topological polar surface area (TPSA) is 63.7 Å². The second kappa shape index (κ2) is 5.14. The monoisotopic (exact) mass is 338 g/mol. The molecule has 96 valence electrons. The minimum Gasteiger partial charge on any atom is -0.472 e. The zero-order valence-corrected chi connectivity index (χ0v) is 11.9. The number of aromatic amines is 1. The summed E-state index contributed by atoms with van der Waals surface area (Å²) in [6, 6.07) is 7.83. The molecule has 0 aliphatic heterocycles. The van der Waals surface area contributed by atoms with Crippen LogP contribution in [0, 0.1) is 0 Å². The van der Waals surface area contributed by atoms with Crippen LogP contribution in [0.3, 0.4) is 0 Å². The summed E-state index contributed by atoms with van der Waals surface area (Å²) in [7, 11) is 0. The van der Waals surface area contributed by atoms with Gasteiger partial charge in [-0.15, -0.1) is 0 Å². The zero-order chi connectivity index (χ0) is 13.2. The van der Waals surface area contributed by atoms with Gasteiger partial charge in [0.05, 0.1) is 6.20 Å². The van der Waals surface area contributed by atoms with Crippen LogP contribution in [-0.2, 0) is 6.61 Å². The second-order valence-electron chi connectivity index (χ2n) is 3.81. The molecule has 2 aromatic heterocycles. The summed E-state index contributed by atoms with van der Waals surface area (Å²) in [5.41, 5.74) is 1.58. The molecule has 0 saturated heterocycles. The molecule has 5 nitrogen and oxygen atoms in total. The molecule has 0 spiro atoms. The number of aromatic nitrogens is 4. The number of benzene rings is 1. The lowest BCUT2D eigenvalue weighted by molar-refractivity contribution is 0.297. The molecule has 0 saturated carbocycles. The molecule has 0 aliphatic carbocycles.